The third-order valence-electron chi connectivity index (χ3n) is 1.88. The highest BCUT2D eigenvalue weighted by Crippen LogP contribution is 2.25. The van der Waals surface area contributed by atoms with E-state index in [1.54, 1.807) is 0 Å². The molecule has 1 aliphatic rings. The Morgan fingerprint density at radius 1 is 1.25 bits per heavy atom. The smallest absolute Gasteiger partial charge is 0.122 e. The van der Waals surface area contributed by atoms with Crippen LogP contribution in [0.2, 0.25) is 0 Å². The quantitative estimate of drug-likeness (QED) is 0.641. The molecule has 1 aromatic carbocycles. The Morgan fingerprint density at radius 2 is 2.00 bits per heavy atom. The summed E-state index contributed by atoms with van der Waals surface area (Å²) in [6.07, 6.45) is 1.97. The summed E-state index contributed by atoms with van der Waals surface area (Å²) in [5, 5.41) is 1.97. The molecule has 1 heterocycles. The van der Waals surface area contributed by atoms with Gasteiger partial charge in [0.05, 0.1) is 0 Å². The van der Waals surface area contributed by atoms with E-state index in [1.165, 1.54) is 11.9 Å². The molecule has 0 aromatic heterocycles. The lowest BCUT2D eigenvalue weighted by molar-refractivity contribution is 0.556. The summed E-state index contributed by atoms with van der Waals surface area (Å²) in [7, 11) is 0. The number of nitrogens with one attached hydrogen (secondary N) is 1. The summed E-state index contributed by atoms with van der Waals surface area (Å²) in [5.41, 5.74) is 6.67. The normalized spacial score (nSPS) is 27.8. The number of hydrogen-bond acceptors (Lipinski definition) is 3. The molecular formula is C9H10N2S. The zero-order valence-electron chi connectivity index (χ0n) is 6.53. The van der Waals surface area contributed by atoms with Gasteiger partial charge in [-0.1, -0.05) is 42.3 Å². The Bertz CT molecular complexity index is 297. The molecule has 0 radical (unpaired) electrons. The molecule has 0 saturated heterocycles. The van der Waals surface area contributed by atoms with Crippen LogP contribution in [0.5, 0.6) is 0 Å². The standard InChI is InChI=1S/C9H10N2S/c10-9(6-7-12-11-9)8-4-2-1-3-5-8/h1-7,11H,10H2. The third-order valence-corrected chi connectivity index (χ3v) is 2.61. The van der Waals surface area contributed by atoms with Gasteiger partial charge in [0.15, 0.2) is 0 Å². The van der Waals surface area contributed by atoms with Crippen LogP contribution < -0.4 is 10.5 Å². The van der Waals surface area contributed by atoms with Crippen molar-refractivity contribution in [1.82, 2.24) is 4.72 Å². The van der Waals surface area contributed by atoms with Crippen molar-refractivity contribution >= 4 is 11.9 Å². The lowest BCUT2D eigenvalue weighted by Crippen LogP contribution is -2.42. The van der Waals surface area contributed by atoms with Crippen LogP contribution in [-0.2, 0) is 5.66 Å². The molecule has 2 nitrogen and oxygen atoms in total. The van der Waals surface area contributed by atoms with E-state index in [-0.39, 0.29) is 0 Å². The highest BCUT2D eigenvalue weighted by atomic mass is 32.2. The van der Waals surface area contributed by atoms with Crippen molar-refractivity contribution in [2.24, 2.45) is 5.73 Å². The summed E-state index contributed by atoms with van der Waals surface area (Å²) in [6, 6.07) is 10.00. The first-order valence-electron chi connectivity index (χ1n) is 3.76. The molecule has 0 aliphatic carbocycles. The molecule has 1 unspecified atom stereocenters. The summed E-state index contributed by atoms with van der Waals surface area (Å²) >= 11 is 1.52. The van der Waals surface area contributed by atoms with Crippen molar-refractivity contribution in [1.29, 1.82) is 0 Å². The highest BCUT2D eigenvalue weighted by Gasteiger charge is 2.26. The Labute approximate surface area is 76.0 Å². The second-order valence-electron chi connectivity index (χ2n) is 2.76. The SMILES string of the molecule is NC1(c2ccccc2)C=CSN1. The first-order chi connectivity index (χ1) is 5.81. The zero-order valence-corrected chi connectivity index (χ0v) is 7.34. The fourth-order valence-electron chi connectivity index (χ4n) is 1.18. The Hall–Kier alpha value is -0.770. The molecule has 3 heteroatoms. The predicted octanol–water partition coefficient (Wildman–Crippen LogP) is 1.56. The monoisotopic (exact) mass is 178 g/mol. The van der Waals surface area contributed by atoms with Crippen LogP contribution >= 0.6 is 11.9 Å². The van der Waals surface area contributed by atoms with Gasteiger partial charge in [-0.25, -0.2) is 4.72 Å². The van der Waals surface area contributed by atoms with E-state index in [9.17, 15) is 0 Å². The third kappa shape index (κ3) is 1.27. The first kappa shape index (κ1) is 7.86. The van der Waals surface area contributed by atoms with Crippen molar-refractivity contribution in [2.75, 3.05) is 0 Å². The molecule has 12 heavy (non-hydrogen) atoms. The molecule has 0 bridgehead atoms. The van der Waals surface area contributed by atoms with E-state index < -0.39 is 5.66 Å². The van der Waals surface area contributed by atoms with Crippen LogP contribution in [0.1, 0.15) is 5.56 Å². The van der Waals surface area contributed by atoms with E-state index >= 15 is 0 Å². The van der Waals surface area contributed by atoms with Gasteiger partial charge in [-0.2, -0.15) is 0 Å². The summed E-state index contributed by atoms with van der Waals surface area (Å²) in [6.45, 7) is 0. The summed E-state index contributed by atoms with van der Waals surface area (Å²) < 4.78 is 3.13. The molecule has 0 spiro atoms. The molecule has 3 N–H and O–H groups in total. The van der Waals surface area contributed by atoms with E-state index in [4.69, 9.17) is 5.73 Å². The average Bonchev–Trinajstić information content (AvgIpc) is 2.55. The van der Waals surface area contributed by atoms with Crippen molar-refractivity contribution in [3.8, 4) is 0 Å². The number of benzene rings is 1. The molecule has 1 atom stereocenters. The van der Waals surface area contributed by atoms with Gasteiger partial charge in [0, 0.05) is 0 Å². The molecule has 1 aromatic rings. The van der Waals surface area contributed by atoms with E-state index in [2.05, 4.69) is 4.72 Å². The van der Waals surface area contributed by atoms with Gasteiger partial charge in [-0.3, -0.25) is 0 Å². The topological polar surface area (TPSA) is 38.0 Å². The lowest BCUT2D eigenvalue weighted by atomic mass is 10.0. The Morgan fingerprint density at radius 3 is 2.58 bits per heavy atom. The fourth-order valence-corrected chi connectivity index (χ4v) is 1.91. The van der Waals surface area contributed by atoms with Gasteiger partial charge < -0.3 is 5.73 Å². The molecule has 0 saturated carbocycles. The highest BCUT2D eigenvalue weighted by molar-refractivity contribution is 8.00. The van der Waals surface area contributed by atoms with Crippen LogP contribution in [-0.4, -0.2) is 0 Å². The minimum atomic E-state index is -0.480. The second-order valence-corrected chi connectivity index (χ2v) is 3.47. The molecule has 0 fully saturated rings. The van der Waals surface area contributed by atoms with Crippen LogP contribution in [0.25, 0.3) is 0 Å². The molecule has 62 valence electrons. The maximum Gasteiger partial charge on any atom is 0.122 e. The zero-order chi connectivity index (χ0) is 8.44. The molecular weight excluding hydrogens is 168 g/mol. The number of nitrogens with two attached hydrogens (primary N) is 1. The summed E-state index contributed by atoms with van der Waals surface area (Å²) in [5.74, 6) is 0. The van der Waals surface area contributed by atoms with Crippen LogP contribution in [0.3, 0.4) is 0 Å². The molecule has 1 aliphatic heterocycles. The largest absolute Gasteiger partial charge is 0.305 e. The Kier molecular flexibility index (Phi) is 1.92. The van der Waals surface area contributed by atoms with Crippen molar-refractivity contribution in [3.05, 3.63) is 47.4 Å². The van der Waals surface area contributed by atoms with E-state index in [0.717, 1.165) is 5.56 Å². The fraction of sp³-hybridized carbons (Fsp3) is 0.111. The Balaban J connectivity index is 2.36. The van der Waals surface area contributed by atoms with E-state index in [0.29, 0.717) is 0 Å². The van der Waals surface area contributed by atoms with Gasteiger partial charge in [-0.05, 0) is 17.0 Å². The average molecular weight is 178 g/mol. The number of hydrogen-bond donors (Lipinski definition) is 2. The minimum absolute atomic E-state index is 0.480. The second kappa shape index (κ2) is 2.94. The van der Waals surface area contributed by atoms with Gasteiger partial charge in [-0.15, -0.1) is 0 Å². The van der Waals surface area contributed by atoms with Crippen LogP contribution in [0.4, 0.5) is 0 Å². The number of rotatable bonds is 1. The van der Waals surface area contributed by atoms with Crippen molar-refractivity contribution in [2.45, 2.75) is 5.66 Å². The lowest BCUT2D eigenvalue weighted by Gasteiger charge is -2.21. The van der Waals surface area contributed by atoms with Gasteiger partial charge >= 0.3 is 0 Å². The van der Waals surface area contributed by atoms with Crippen LogP contribution in [0, 0.1) is 0 Å². The predicted molar refractivity (Wildman–Crippen MR) is 52.2 cm³/mol. The van der Waals surface area contributed by atoms with Crippen LogP contribution in [0.15, 0.2) is 41.8 Å². The molecule has 2 rings (SSSR count). The minimum Gasteiger partial charge on any atom is -0.305 e. The first-order valence-corrected chi connectivity index (χ1v) is 4.64. The van der Waals surface area contributed by atoms with Gasteiger partial charge in [0.2, 0.25) is 0 Å². The van der Waals surface area contributed by atoms with Crippen molar-refractivity contribution in [3.63, 3.8) is 0 Å². The van der Waals surface area contributed by atoms with Crippen molar-refractivity contribution < 1.29 is 0 Å². The van der Waals surface area contributed by atoms with Gasteiger partial charge in [0.25, 0.3) is 0 Å². The van der Waals surface area contributed by atoms with Gasteiger partial charge in [0.1, 0.15) is 5.66 Å². The maximum atomic E-state index is 6.06. The maximum absolute atomic E-state index is 6.06. The van der Waals surface area contributed by atoms with E-state index in [1.807, 2.05) is 41.8 Å². The summed E-state index contributed by atoms with van der Waals surface area (Å²) in [4.78, 5) is 0. The molecule has 0 amide bonds.